The van der Waals surface area contributed by atoms with E-state index in [4.69, 9.17) is 4.74 Å². The molecular formula is C18H19NO3. The Labute approximate surface area is 129 Å². The van der Waals surface area contributed by atoms with E-state index in [0.717, 1.165) is 10.8 Å². The largest absolute Gasteiger partial charge is 0.444 e. The minimum atomic E-state index is -0.571. The molecule has 0 unspecified atom stereocenters. The molecule has 0 spiro atoms. The highest BCUT2D eigenvalue weighted by molar-refractivity contribution is 6.16. The normalized spacial score (nSPS) is 11.0. The van der Waals surface area contributed by atoms with Gasteiger partial charge in [0.2, 0.25) is 0 Å². The topological polar surface area (TPSA) is 55.4 Å². The van der Waals surface area contributed by atoms with Crippen LogP contribution in [0.5, 0.6) is 0 Å². The zero-order valence-corrected chi connectivity index (χ0v) is 13.0. The highest BCUT2D eigenvalue weighted by atomic mass is 16.6. The highest BCUT2D eigenvalue weighted by Crippen LogP contribution is 2.27. The molecule has 1 N–H and O–H groups in total. The smallest absolute Gasteiger partial charge is 0.412 e. The minimum Gasteiger partial charge on any atom is -0.444 e. The minimum absolute atomic E-state index is 0.153. The van der Waals surface area contributed by atoms with E-state index in [1.165, 1.54) is 6.08 Å². The maximum Gasteiger partial charge on any atom is 0.412 e. The zero-order chi connectivity index (χ0) is 16.3. The van der Waals surface area contributed by atoms with E-state index in [0.29, 0.717) is 11.3 Å². The van der Waals surface area contributed by atoms with Crippen molar-refractivity contribution in [3.8, 4) is 0 Å². The Hall–Kier alpha value is -2.62. The Kier molecular flexibility index (Phi) is 4.31. The van der Waals surface area contributed by atoms with Crippen molar-refractivity contribution in [3.63, 3.8) is 0 Å². The van der Waals surface area contributed by atoms with Crippen LogP contribution in [0.25, 0.3) is 10.8 Å². The maximum absolute atomic E-state index is 11.9. The summed E-state index contributed by atoms with van der Waals surface area (Å²) >= 11 is 0. The summed E-state index contributed by atoms with van der Waals surface area (Å²) in [5.74, 6) is -0.153. The summed E-state index contributed by atoms with van der Waals surface area (Å²) in [7, 11) is 0. The number of hydrogen-bond donors (Lipinski definition) is 1. The molecule has 0 aromatic heterocycles. The lowest BCUT2D eigenvalue weighted by Crippen LogP contribution is -2.27. The second-order valence-corrected chi connectivity index (χ2v) is 5.90. The van der Waals surface area contributed by atoms with Crippen molar-refractivity contribution < 1.29 is 14.3 Å². The molecule has 0 saturated heterocycles. The highest BCUT2D eigenvalue weighted by Gasteiger charge is 2.17. The van der Waals surface area contributed by atoms with Gasteiger partial charge >= 0.3 is 6.09 Å². The first kappa shape index (κ1) is 15.8. The van der Waals surface area contributed by atoms with Gasteiger partial charge < -0.3 is 4.74 Å². The van der Waals surface area contributed by atoms with Gasteiger partial charge in [-0.15, -0.1) is 0 Å². The number of fused-ring (bicyclic) bond motifs is 1. The van der Waals surface area contributed by atoms with Crippen molar-refractivity contribution in [3.05, 3.63) is 54.6 Å². The first-order valence-corrected chi connectivity index (χ1v) is 7.00. The van der Waals surface area contributed by atoms with Crippen LogP contribution >= 0.6 is 0 Å². The van der Waals surface area contributed by atoms with E-state index in [9.17, 15) is 9.59 Å². The van der Waals surface area contributed by atoms with Crippen molar-refractivity contribution in [1.29, 1.82) is 0 Å². The van der Waals surface area contributed by atoms with Gasteiger partial charge in [0.15, 0.2) is 5.78 Å². The van der Waals surface area contributed by atoms with Crippen LogP contribution in [0.15, 0.2) is 49.1 Å². The predicted octanol–water partition coefficient (Wildman–Crippen LogP) is 4.56. The number of allylic oxidation sites excluding steroid dienone is 1. The summed E-state index contributed by atoms with van der Waals surface area (Å²) in [4.78, 5) is 23.8. The van der Waals surface area contributed by atoms with Gasteiger partial charge in [-0.3, -0.25) is 10.1 Å². The molecule has 0 fully saturated rings. The average Bonchev–Trinajstić information content (AvgIpc) is 2.45. The van der Waals surface area contributed by atoms with Gasteiger partial charge in [0.05, 0.1) is 5.69 Å². The Morgan fingerprint density at radius 1 is 1.09 bits per heavy atom. The van der Waals surface area contributed by atoms with Crippen molar-refractivity contribution >= 4 is 28.3 Å². The van der Waals surface area contributed by atoms with Crippen LogP contribution in [0.1, 0.15) is 31.1 Å². The molecule has 0 bridgehead atoms. The number of rotatable bonds is 3. The van der Waals surface area contributed by atoms with E-state index in [-0.39, 0.29) is 5.78 Å². The third kappa shape index (κ3) is 3.52. The SMILES string of the molecule is C=CC(=O)c1ccc(NC(=O)OC(C)(C)C)c2ccccc12. The zero-order valence-electron chi connectivity index (χ0n) is 13.0. The molecular weight excluding hydrogens is 278 g/mol. The lowest BCUT2D eigenvalue weighted by atomic mass is 10.00. The van der Waals surface area contributed by atoms with Gasteiger partial charge in [0, 0.05) is 10.9 Å². The summed E-state index contributed by atoms with van der Waals surface area (Å²) in [6.45, 7) is 8.92. The Bertz CT molecular complexity index is 742. The van der Waals surface area contributed by atoms with Crippen LogP contribution in [-0.4, -0.2) is 17.5 Å². The van der Waals surface area contributed by atoms with E-state index in [1.807, 2.05) is 24.3 Å². The second-order valence-electron chi connectivity index (χ2n) is 5.90. The number of carbonyl (C=O) groups excluding carboxylic acids is 2. The molecule has 0 aliphatic heterocycles. The van der Waals surface area contributed by atoms with Crippen LogP contribution in [0.2, 0.25) is 0 Å². The molecule has 0 atom stereocenters. The van der Waals surface area contributed by atoms with E-state index in [2.05, 4.69) is 11.9 Å². The van der Waals surface area contributed by atoms with Gasteiger partial charge in [0.25, 0.3) is 0 Å². The summed E-state index contributed by atoms with van der Waals surface area (Å²) in [6.07, 6.45) is 0.753. The van der Waals surface area contributed by atoms with Gasteiger partial charge in [-0.25, -0.2) is 4.79 Å². The Balaban J connectivity index is 2.42. The fraction of sp³-hybridized carbons (Fsp3) is 0.222. The molecule has 0 saturated carbocycles. The Morgan fingerprint density at radius 3 is 2.32 bits per heavy atom. The van der Waals surface area contributed by atoms with E-state index < -0.39 is 11.7 Å². The van der Waals surface area contributed by atoms with Gasteiger partial charge in [-0.1, -0.05) is 30.8 Å². The summed E-state index contributed by atoms with van der Waals surface area (Å²) in [6, 6.07) is 10.8. The van der Waals surface area contributed by atoms with Gasteiger partial charge in [-0.05, 0) is 44.4 Å². The van der Waals surface area contributed by atoms with E-state index >= 15 is 0 Å². The van der Waals surface area contributed by atoms with Crippen LogP contribution < -0.4 is 5.32 Å². The average molecular weight is 297 g/mol. The summed E-state index contributed by atoms with van der Waals surface area (Å²) in [5, 5.41) is 4.27. The second kappa shape index (κ2) is 6.02. The number of nitrogens with one attached hydrogen (secondary N) is 1. The number of amides is 1. The van der Waals surface area contributed by atoms with Crippen LogP contribution in [0.4, 0.5) is 10.5 Å². The van der Waals surface area contributed by atoms with Gasteiger partial charge in [-0.2, -0.15) is 0 Å². The number of anilines is 1. The van der Waals surface area contributed by atoms with Crippen molar-refractivity contribution in [2.24, 2.45) is 0 Å². The molecule has 0 aliphatic rings. The molecule has 4 heteroatoms. The molecule has 2 rings (SSSR count). The quantitative estimate of drug-likeness (QED) is 0.667. The molecule has 0 radical (unpaired) electrons. The first-order valence-electron chi connectivity index (χ1n) is 7.00. The van der Waals surface area contributed by atoms with E-state index in [1.54, 1.807) is 32.9 Å². The van der Waals surface area contributed by atoms with Crippen molar-refractivity contribution in [2.45, 2.75) is 26.4 Å². The number of carbonyl (C=O) groups is 2. The van der Waals surface area contributed by atoms with Crippen LogP contribution in [0.3, 0.4) is 0 Å². The monoisotopic (exact) mass is 297 g/mol. The fourth-order valence-corrected chi connectivity index (χ4v) is 2.15. The van der Waals surface area contributed by atoms with Crippen molar-refractivity contribution in [1.82, 2.24) is 0 Å². The Morgan fingerprint density at radius 2 is 1.73 bits per heavy atom. The number of ether oxygens (including phenoxy) is 1. The van der Waals surface area contributed by atoms with Gasteiger partial charge in [0.1, 0.15) is 5.60 Å². The molecule has 4 nitrogen and oxygen atoms in total. The lowest BCUT2D eigenvalue weighted by Gasteiger charge is -2.20. The lowest BCUT2D eigenvalue weighted by molar-refractivity contribution is 0.0636. The summed E-state index contributed by atoms with van der Waals surface area (Å²) < 4.78 is 5.26. The first-order chi connectivity index (χ1) is 10.3. The van der Waals surface area contributed by atoms with Crippen LogP contribution in [-0.2, 0) is 4.74 Å². The third-order valence-corrected chi connectivity index (χ3v) is 3.01. The number of ketones is 1. The predicted molar refractivity (Wildman–Crippen MR) is 88.3 cm³/mol. The molecule has 22 heavy (non-hydrogen) atoms. The summed E-state index contributed by atoms with van der Waals surface area (Å²) in [5.41, 5.74) is 0.587. The molecule has 2 aromatic carbocycles. The molecule has 0 aliphatic carbocycles. The molecule has 114 valence electrons. The molecule has 0 heterocycles. The number of hydrogen-bond acceptors (Lipinski definition) is 3. The maximum atomic E-state index is 11.9. The standard InChI is InChI=1S/C18H19NO3/c1-5-16(20)14-10-11-15(13-9-7-6-8-12(13)14)19-17(21)22-18(2,3)4/h5-11H,1H2,2-4H3,(H,19,21). The van der Waals surface area contributed by atoms with Crippen LogP contribution in [0, 0.1) is 0 Å². The number of benzene rings is 2. The fourth-order valence-electron chi connectivity index (χ4n) is 2.15. The molecule has 1 amide bonds. The third-order valence-electron chi connectivity index (χ3n) is 3.01. The molecule has 2 aromatic rings. The van der Waals surface area contributed by atoms with Crippen molar-refractivity contribution in [2.75, 3.05) is 5.32 Å².